The molecule has 2 aromatic carbocycles. The fraction of sp³-hybridized carbons (Fsp3) is 0.235. The van der Waals surface area contributed by atoms with E-state index >= 15 is 0 Å². The van der Waals surface area contributed by atoms with Crippen LogP contribution in [0.25, 0.3) is 0 Å². The normalized spacial score (nSPS) is 10.6. The third-order valence-corrected chi connectivity index (χ3v) is 3.91. The van der Waals surface area contributed by atoms with E-state index in [1.807, 2.05) is 12.1 Å². The van der Waals surface area contributed by atoms with Crippen LogP contribution in [0.4, 0.5) is 0 Å². The van der Waals surface area contributed by atoms with Gasteiger partial charge in [0.1, 0.15) is 11.5 Å². The Labute approximate surface area is 146 Å². The summed E-state index contributed by atoms with van der Waals surface area (Å²) in [5.74, 6) is 1.26. The van der Waals surface area contributed by atoms with Crippen molar-refractivity contribution in [3.63, 3.8) is 0 Å². The Kier molecular flexibility index (Phi) is 6.03. The number of halogens is 2. The summed E-state index contributed by atoms with van der Waals surface area (Å²) < 4.78 is 12.7. The van der Waals surface area contributed by atoms with Crippen LogP contribution in [0.5, 0.6) is 11.5 Å². The number of ether oxygens (including phenoxy) is 2. The number of hydrogen-bond acceptors (Lipinski definition) is 3. The second-order valence-corrected chi connectivity index (χ2v) is 6.96. The molecule has 2 rings (SSSR count). The van der Waals surface area contributed by atoms with Gasteiger partial charge >= 0.3 is 5.97 Å². The van der Waals surface area contributed by atoms with Gasteiger partial charge < -0.3 is 9.47 Å². The summed E-state index contributed by atoms with van der Waals surface area (Å²) in [7, 11) is 0. The van der Waals surface area contributed by atoms with Crippen LogP contribution in [0, 0.1) is 5.92 Å². The van der Waals surface area contributed by atoms with Gasteiger partial charge in [0.05, 0.1) is 16.6 Å². The minimum atomic E-state index is -0.404. The molecule has 0 atom stereocenters. The lowest BCUT2D eigenvalue weighted by atomic mass is 10.2. The molecule has 2 aromatic rings. The molecular formula is C17H16Br2O3. The van der Waals surface area contributed by atoms with Crippen molar-refractivity contribution >= 4 is 37.8 Å². The van der Waals surface area contributed by atoms with Gasteiger partial charge in [-0.15, -0.1) is 0 Å². The van der Waals surface area contributed by atoms with Crippen LogP contribution in [-0.2, 0) is 0 Å². The van der Waals surface area contributed by atoms with Crippen molar-refractivity contribution in [3.05, 3.63) is 57.0 Å². The topological polar surface area (TPSA) is 35.5 Å². The van der Waals surface area contributed by atoms with Gasteiger partial charge in [0.25, 0.3) is 0 Å². The van der Waals surface area contributed by atoms with Crippen molar-refractivity contribution in [2.24, 2.45) is 5.92 Å². The Morgan fingerprint density at radius 1 is 1.09 bits per heavy atom. The van der Waals surface area contributed by atoms with Crippen LogP contribution >= 0.6 is 31.9 Å². The van der Waals surface area contributed by atoms with E-state index in [0.29, 0.717) is 29.6 Å². The standard InChI is InChI=1S/C17H16Br2O3/c1-11(2)10-21-16-8-3-12(9-15(16)19)17(20)22-14-6-4-13(18)5-7-14/h3-9,11H,10H2,1-2H3. The molecule has 0 unspecified atom stereocenters. The SMILES string of the molecule is CC(C)COc1ccc(C(=O)Oc2ccc(Br)cc2)cc1Br. The van der Waals surface area contributed by atoms with E-state index in [-0.39, 0.29) is 0 Å². The molecule has 0 aliphatic carbocycles. The molecular weight excluding hydrogens is 412 g/mol. The highest BCUT2D eigenvalue weighted by atomic mass is 79.9. The number of benzene rings is 2. The highest BCUT2D eigenvalue weighted by Gasteiger charge is 2.12. The van der Waals surface area contributed by atoms with E-state index in [1.54, 1.807) is 30.3 Å². The van der Waals surface area contributed by atoms with Crippen molar-refractivity contribution in [2.45, 2.75) is 13.8 Å². The maximum atomic E-state index is 12.1. The quantitative estimate of drug-likeness (QED) is 0.469. The second-order valence-electron chi connectivity index (χ2n) is 5.19. The predicted molar refractivity (Wildman–Crippen MR) is 93.6 cm³/mol. The third-order valence-electron chi connectivity index (χ3n) is 2.76. The summed E-state index contributed by atoms with van der Waals surface area (Å²) in [5.41, 5.74) is 0.465. The zero-order valence-electron chi connectivity index (χ0n) is 12.3. The summed E-state index contributed by atoms with van der Waals surface area (Å²) in [6.45, 7) is 4.79. The monoisotopic (exact) mass is 426 g/mol. The fourth-order valence-electron chi connectivity index (χ4n) is 1.67. The van der Waals surface area contributed by atoms with E-state index in [0.717, 1.165) is 8.95 Å². The molecule has 0 saturated heterocycles. The minimum absolute atomic E-state index is 0.404. The van der Waals surface area contributed by atoms with Crippen molar-refractivity contribution in [1.82, 2.24) is 0 Å². The fourth-order valence-corrected chi connectivity index (χ4v) is 2.43. The summed E-state index contributed by atoms with van der Waals surface area (Å²) in [6.07, 6.45) is 0. The lowest BCUT2D eigenvalue weighted by molar-refractivity contribution is 0.0734. The number of carbonyl (C=O) groups is 1. The molecule has 0 aliphatic heterocycles. The van der Waals surface area contributed by atoms with Crippen LogP contribution in [0.3, 0.4) is 0 Å². The molecule has 0 aliphatic rings. The molecule has 3 nitrogen and oxygen atoms in total. The number of carbonyl (C=O) groups excluding carboxylic acids is 1. The molecule has 0 aromatic heterocycles. The molecule has 116 valence electrons. The van der Waals surface area contributed by atoms with E-state index < -0.39 is 5.97 Å². The van der Waals surface area contributed by atoms with Gasteiger partial charge in [0, 0.05) is 4.47 Å². The molecule has 22 heavy (non-hydrogen) atoms. The first kappa shape index (κ1) is 17.0. The van der Waals surface area contributed by atoms with Gasteiger partial charge in [-0.1, -0.05) is 29.8 Å². The van der Waals surface area contributed by atoms with Gasteiger partial charge in [-0.05, 0) is 64.3 Å². The minimum Gasteiger partial charge on any atom is -0.492 e. The first-order chi connectivity index (χ1) is 10.5. The second kappa shape index (κ2) is 7.79. The molecule has 0 fully saturated rings. The third kappa shape index (κ3) is 4.85. The lowest BCUT2D eigenvalue weighted by Gasteiger charge is -2.11. The Hall–Kier alpha value is -1.33. The van der Waals surface area contributed by atoms with Crippen LogP contribution < -0.4 is 9.47 Å². The highest BCUT2D eigenvalue weighted by Crippen LogP contribution is 2.27. The van der Waals surface area contributed by atoms with Crippen molar-refractivity contribution < 1.29 is 14.3 Å². The molecule has 0 heterocycles. The van der Waals surface area contributed by atoms with Gasteiger partial charge in [-0.3, -0.25) is 0 Å². The Morgan fingerprint density at radius 2 is 1.77 bits per heavy atom. The molecule has 0 N–H and O–H groups in total. The average molecular weight is 428 g/mol. The molecule has 0 spiro atoms. The van der Waals surface area contributed by atoms with Gasteiger partial charge in [-0.25, -0.2) is 4.79 Å². The van der Waals surface area contributed by atoms with Crippen LogP contribution in [-0.4, -0.2) is 12.6 Å². The summed E-state index contributed by atoms with van der Waals surface area (Å²) in [4.78, 5) is 12.1. The number of rotatable bonds is 5. The highest BCUT2D eigenvalue weighted by molar-refractivity contribution is 9.10. The molecule has 0 bridgehead atoms. The summed E-state index contributed by atoms with van der Waals surface area (Å²) in [6, 6.07) is 12.3. The smallest absolute Gasteiger partial charge is 0.343 e. The van der Waals surface area contributed by atoms with Crippen molar-refractivity contribution in [2.75, 3.05) is 6.61 Å². The van der Waals surface area contributed by atoms with E-state index in [1.165, 1.54) is 0 Å². The van der Waals surface area contributed by atoms with Crippen LogP contribution in [0.2, 0.25) is 0 Å². The van der Waals surface area contributed by atoms with Gasteiger partial charge in [0.2, 0.25) is 0 Å². The van der Waals surface area contributed by atoms with E-state index in [2.05, 4.69) is 45.7 Å². The Balaban J connectivity index is 2.07. The maximum absolute atomic E-state index is 12.1. The van der Waals surface area contributed by atoms with Gasteiger partial charge in [0.15, 0.2) is 0 Å². The Bertz CT molecular complexity index is 651. The maximum Gasteiger partial charge on any atom is 0.343 e. The van der Waals surface area contributed by atoms with Crippen LogP contribution in [0.1, 0.15) is 24.2 Å². The van der Waals surface area contributed by atoms with Crippen LogP contribution in [0.15, 0.2) is 51.4 Å². The molecule has 0 saturated carbocycles. The largest absolute Gasteiger partial charge is 0.492 e. The zero-order valence-corrected chi connectivity index (χ0v) is 15.5. The van der Waals surface area contributed by atoms with E-state index in [4.69, 9.17) is 9.47 Å². The average Bonchev–Trinajstić information content (AvgIpc) is 2.48. The Morgan fingerprint density at radius 3 is 2.36 bits per heavy atom. The first-order valence-electron chi connectivity index (χ1n) is 6.86. The van der Waals surface area contributed by atoms with Crippen molar-refractivity contribution in [3.8, 4) is 11.5 Å². The van der Waals surface area contributed by atoms with E-state index in [9.17, 15) is 4.79 Å². The lowest BCUT2D eigenvalue weighted by Crippen LogP contribution is -2.09. The zero-order chi connectivity index (χ0) is 16.1. The van der Waals surface area contributed by atoms with Crippen molar-refractivity contribution in [1.29, 1.82) is 0 Å². The molecule has 0 amide bonds. The number of hydrogen-bond donors (Lipinski definition) is 0. The molecule has 5 heteroatoms. The molecule has 0 radical (unpaired) electrons. The predicted octanol–water partition coefficient (Wildman–Crippen LogP) is 5.47. The summed E-state index contributed by atoms with van der Waals surface area (Å²) in [5, 5.41) is 0. The van der Waals surface area contributed by atoms with Gasteiger partial charge in [-0.2, -0.15) is 0 Å². The summed E-state index contributed by atoms with van der Waals surface area (Å²) >= 11 is 6.76. The first-order valence-corrected chi connectivity index (χ1v) is 8.44. The number of esters is 1.